The molecule has 3 nitrogen and oxygen atoms in total. The number of aliphatic hydroxyl groups excluding tert-OH is 1. The quantitative estimate of drug-likeness (QED) is 0.713. The smallest absolute Gasteiger partial charge is 0.119 e. The van der Waals surface area contributed by atoms with Crippen LogP contribution in [0.5, 0.6) is 5.75 Å². The van der Waals surface area contributed by atoms with Gasteiger partial charge < -0.3 is 14.6 Å². The molecule has 0 radical (unpaired) electrons. The van der Waals surface area contributed by atoms with Crippen molar-refractivity contribution < 1.29 is 14.6 Å². The van der Waals surface area contributed by atoms with Crippen LogP contribution in [0.15, 0.2) is 48.5 Å². The average molecular weight is 407 g/mol. The number of aryl methyl sites for hydroxylation is 1. The predicted molar refractivity (Wildman–Crippen MR) is 119 cm³/mol. The van der Waals surface area contributed by atoms with E-state index in [0.29, 0.717) is 18.4 Å². The van der Waals surface area contributed by atoms with Crippen LogP contribution in [0.2, 0.25) is 0 Å². The second-order valence-corrected chi connectivity index (χ2v) is 9.62. The molecule has 30 heavy (non-hydrogen) atoms. The van der Waals surface area contributed by atoms with Gasteiger partial charge in [0.05, 0.1) is 25.9 Å². The van der Waals surface area contributed by atoms with Crippen LogP contribution in [0.4, 0.5) is 0 Å². The molecular weight excluding hydrogens is 372 g/mol. The van der Waals surface area contributed by atoms with E-state index in [1.807, 2.05) is 0 Å². The standard InChI is InChI=1S/C27H34O3/c1-3-27-16-24(28)26-21-12-10-20(29-2)15-19(21)9-11-22(26)23(27)13-14-25(27)30-17-18-7-5-4-6-8-18/h4-8,10,12,15,22-26,28H,3,9,11,13-14,16-17H2,1-2H3. The van der Waals surface area contributed by atoms with E-state index in [4.69, 9.17) is 9.47 Å². The molecule has 0 amide bonds. The molecule has 5 rings (SSSR count). The van der Waals surface area contributed by atoms with Gasteiger partial charge in [-0.2, -0.15) is 0 Å². The van der Waals surface area contributed by atoms with Gasteiger partial charge in [0, 0.05) is 11.3 Å². The van der Waals surface area contributed by atoms with E-state index in [0.717, 1.165) is 31.4 Å². The minimum absolute atomic E-state index is 0.110. The van der Waals surface area contributed by atoms with Gasteiger partial charge in [0.2, 0.25) is 0 Å². The summed E-state index contributed by atoms with van der Waals surface area (Å²) in [5.74, 6) is 2.39. The molecule has 2 saturated carbocycles. The average Bonchev–Trinajstić information content (AvgIpc) is 3.16. The maximum Gasteiger partial charge on any atom is 0.119 e. The molecule has 0 spiro atoms. The first-order valence-corrected chi connectivity index (χ1v) is 11.7. The first kappa shape index (κ1) is 20.1. The molecule has 3 aliphatic carbocycles. The van der Waals surface area contributed by atoms with E-state index in [-0.39, 0.29) is 23.5 Å². The van der Waals surface area contributed by atoms with E-state index in [1.54, 1.807) is 7.11 Å². The molecule has 3 aliphatic rings. The molecule has 160 valence electrons. The van der Waals surface area contributed by atoms with E-state index in [1.165, 1.54) is 29.5 Å². The molecule has 0 aliphatic heterocycles. The number of ether oxygens (including phenoxy) is 2. The Balaban J connectivity index is 1.41. The first-order chi connectivity index (χ1) is 14.7. The van der Waals surface area contributed by atoms with Gasteiger partial charge in [-0.05, 0) is 79.2 Å². The van der Waals surface area contributed by atoms with Crippen molar-refractivity contribution in [3.63, 3.8) is 0 Å². The van der Waals surface area contributed by atoms with Crippen molar-refractivity contribution in [1.29, 1.82) is 0 Å². The summed E-state index contributed by atoms with van der Waals surface area (Å²) in [6.45, 7) is 2.98. The number of aliphatic hydroxyl groups is 1. The van der Waals surface area contributed by atoms with Crippen LogP contribution < -0.4 is 4.74 Å². The van der Waals surface area contributed by atoms with Crippen LogP contribution in [-0.2, 0) is 17.8 Å². The van der Waals surface area contributed by atoms with Gasteiger partial charge in [-0.25, -0.2) is 0 Å². The lowest BCUT2D eigenvalue weighted by Crippen LogP contribution is -2.51. The van der Waals surface area contributed by atoms with Gasteiger partial charge in [0.1, 0.15) is 5.75 Å². The van der Waals surface area contributed by atoms with Gasteiger partial charge in [-0.3, -0.25) is 0 Å². The fourth-order valence-electron chi connectivity index (χ4n) is 7.17. The Morgan fingerprint density at radius 2 is 1.90 bits per heavy atom. The second-order valence-electron chi connectivity index (χ2n) is 9.62. The third-order valence-electron chi connectivity index (χ3n) is 8.51. The highest BCUT2D eigenvalue weighted by Crippen LogP contribution is 2.63. The lowest BCUT2D eigenvalue weighted by Gasteiger charge is -2.54. The molecule has 0 saturated heterocycles. The molecule has 0 heterocycles. The van der Waals surface area contributed by atoms with Crippen LogP contribution >= 0.6 is 0 Å². The fourth-order valence-corrected chi connectivity index (χ4v) is 7.17. The molecule has 3 heteroatoms. The summed E-state index contributed by atoms with van der Waals surface area (Å²) in [5, 5.41) is 11.4. The molecule has 1 N–H and O–H groups in total. The Kier molecular flexibility index (Phi) is 5.37. The lowest BCUT2D eigenvalue weighted by atomic mass is 9.53. The first-order valence-electron chi connectivity index (χ1n) is 11.7. The summed E-state index contributed by atoms with van der Waals surface area (Å²) >= 11 is 0. The lowest BCUT2D eigenvalue weighted by molar-refractivity contribution is -0.118. The summed E-state index contributed by atoms with van der Waals surface area (Å²) in [7, 11) is 1.73. The Morgan fingerprint density at radius 3 is 2.67 bits per heavy atom. The molecular formula is C27H34O3. The fraction of sp³-hybridized carbons (Fsp3) is 0.556. The number of hydrogen-bond acceptors (Lipinski definition) is 3. The third kappa shape index (κ3) is 3.18. The van der Waals surface area contributed by atoms with Gasteiger partial charge in [0.25, 0.3) is 0 Å². The number of benzene rings is 2. The normalized spacial score (nSPS) is 34.7. The van der Waals surface area contributed by atoms with E-state index >= 15 is 0 Å². The van der Waals surface area contributed by atoms with Crippen molar-refractivity contribution in [3.05, 3.63) is 65.2 Å². The minimum Gasteiger partial charge on any atom is -0.497 e. The number of methoxy groups -OCH3 is 1. The summed E-state index contributed by atoms with van der Waals surface area (Å²) in [5.41, 5.74) is 4.08. The van der Waals surface area contributed by atoms with E-state index < -0.39 is 0 Å². The Labute approximate surface area is 180 Å². The molecule has 6 unspecified atom stereocenters. The second kappa shape index (κ2) is 8.01. The largest absolute Gasteiger partial charge is 0.497 e. The minimum atomic E-state index is -0.292. The van der Waals surface area contributed by atoms with Crippen molar-refractivity contribution in [2.45, 2.75) is 70.2 Å². The van der Waals surface area contributed by atoms with Crippen LogP contribution in [0.25, 0.3) is 0 Å². The Bertz CT molecular complexity index is 879. The highest BCUT2D eigenvalue weighted by Gasteiger charge is 2.59. The monoisotopic (exact) mass is 406 g/mol. The Hall–Kier alpha value is -1.84. The van der Waals surface area contributed by atoms with Crippen molar-refractivity contribution >= 4 is 0 Å². The van der Waals surface area contributed by atoms with Crippen molar-refractivity contribution in [1.82, 2.24) is 0 Å². The molecule has 0 aromatic heterocycles. The van der Waals surface area contributed by atoms with Gasteiger partial charge >= 0.3 is 0 Å². The SMILES string of the molecule is CCC12CC(O)C3c4ccc(OC)cc4CCC3C1CCC2OCc1ccccc1. The van der Waals surface area contributed by atoms with Crippen LogP contribution in [0.3, 0.4) is 0 Å². The molecule has 6 atom stereocenters. The highest BCUT2D eigenvalue weighted by molar-refractivity contribution is 5.41. The van der Waals surface area contributed by atoms with Gasteiger partial charge in [-0.15, -0.1) is 0 Å². The zero-order chi connectivity index (χ0) is 20.7. The zero-order valence-electron chi connectivity index (χ0n) is 18.2. The number of hydrogen-bond donors (Lipinski definition) is 1. The van der Waals surface area contributed by atoms with Crippen LogP contribution in [0, 0.1) is 17.3 Å². The van der Waals surface area contributed by atoms with E-state index in [9.17, 15) is 5.11 Å². The van der Waals surface area contributed by atoms with Crippen LogP contribution in [-0.4, -0.2) is 24.4 Å². The summed E-state index contributed by atoms with van der Waals surface area (Å²) in [6, 6.07) is 17.0. The third-order valence-corrected chi connectivity index (χ3v) is 8.51. The molecule has 2 aromatic carbocycles. The van der Waals surface area contributed by atoms with Gasteiger partial charge in [0.15, 0.2) is 0 Å². The molecule has 2 aromatic rings. The van der Waals surface area contributed by atoms with E-state index in [2.05, 4.69) is 55.5 Å². The summed E-state index contributed by atoms with van der Waals surface area (Å²) in [4.78, 5) is 0. The van der Waals surface area contributed by atoms with Crippen molar-refractivity contribution in [3.8, 4) is 5.75 Å². The maximum atomic E-state index is 11.4. The number of rotatable bonds is 5. The zero-order valence-corrected chi connectivity index (χ0v) is 18.2. The topological polar surface area (TPSA) is 38.7 Å². The summed E-state index contributed by atoms with van der Waals surface area (Å²) in [6.07, 6.45) is 6.52. The Morgan fingerprint density at radius 1 is 1.07 bits per heavy atom. The molecule has 2 fully saturated rings. The highest BCUT2D eigenvalue weighted by atomic mass is 16.5. The molecule has 0 bridgehead atoms. The van der Waals surface area contributed by atoms with Crippen molar-refractivity contribution in [2.75, 3.05) is 7.11 Å². The number of fused-ring (bicyclic) bond motifs is 5. The predicted octanol–water partition coefficient (Wildman–Crippen LogP) is 5.50. The van der Waals surface area contributed by atoms with Crippen molar-refractivity contribution in [2.24, 2.45) is 17.3 Å². The summed E-state index contributed by atoms with van der Waals surface area (Å²) < 4.78 is 12.0. The van der Waals surface area contributed by atoms with Gasteiger partial charge in [-0.1, -0.05) is 43.3 Å². The van der Waals surface area contributed by atoms with Crippen LogP contribution in [0.1, 0.15) is 61.6 Å². The maximum absolute atomic E-state index is 11.4.